The van der Waals surface area contributed by atoms with Crippen molar-refractivity contribution in [3.05, 3.63) is 64.1 Å². The molecule has 8 heteroatoms. The topological polar surface area (TPSA) is 74.0 Å². The van der Waals surface area contributed by atoms with E-state index < -0.39 is 11.8 Å². The van der Waals surface area contributed by atoms with Crippen LogP contribution in [0.4, 0.5) is 10.1 Å². The van der Waals surface area contributed by atoms with Crippen molar-refractivity contribution in [3.63, 3.8) is 0 Å². The van der Waals surface area contributed by atoms with Gasteiger partial charge in [0.15, 0.2) is 0 Å². The number of rotatable bonds is 3. The van der Waals surface area contributed by atoms with E-state index in [1.165, 1.54) is 24.3 Å². The highest BCUT2D eigenvalue weighted by Gasteiger charge is 2.24. The number of carbonyl (C=O) groups excluding carboxylic acids is 1. The van der Waals surface area contributed by atoms with E-state index in [4.69, 9.17) is 9.52 Å². The van der Waals surface area contributed by atoms with Gasteiger partial charge in [-0.1, -0.05) is 6.07 Å². The van der Waals surface area contributed by atoms with E-state index in [1.54, 1.807) is 17.0 Å². The number of benzene rings is 2. The van der Waals surface area contributed by atoms with E-state index in [-0.39, 0.29) is 11.7 Å². The molecule has 1 N–H and O–H groups in total. The maximum absolute atomic E-state index is 13.4. The molecule has 1 aromatic heterocycles. The lowest BCUT2D eigenvalue weighted by atomic mass is 10.1. The molecule has 0 atom stereocenters. The zero-order valence-corrected chi connectivity index (χ0v) is 16.3. The summed E-state index contributed by atoms with van der Waals surface area (Å²) in [6, 6.07) is 10.8. The van der Waals surface area contributed by atoms with Gasteiger partial charge in [-0.25, -0.2) is 9.18 Å². The summed E-state index contributed by atoms with van der Waals surface area (Å²) in [6.45, 7) is 2.22. The summed E-state index contributed by atoms with van der Waals surface area (Å²) in [7, 11) is 0. The van der Waals surface area contributed by atoms with Gasteiger partial charge in [0.2, 0.25) is 5.76 Å². The predicted molar refractivity (Wildman–Crippen MR) is 105 cm³/mol. The highest BCUT2D eigenvalue weighted by atomic mass is 79.9. The van der Waals surface area contributed by atoms with Crippen LogP contribution >= 0.6 is 15.9 Å². The first-order valence-corrected chi connectivity index (χ1v) is 9.48. The largest absolute Gasteiger partial charge is 0.475 e. The number of hydrogen-bond donors (Lipinski definition) is 1. The Morgan fingerprint density at radius 3 is 2.50 bits per heavy atom. The quantitative estimate of drug-likeness (QED) is 0.658. The van der Waals surface area contributed by atoms with Crippen LogP contribution in [0.25, 0.3) is 11.0 Å². The number of furan rings is 1. The third-order valence-corrected chi connectivity index (χ3v) is 5.64. The molecule has 144 valence electrons. The van der Waals surface area contributed by atoms with Crippen molar-refractivity contribution < 1.29 is 23.5 Å². The van der Waals surface area contributed by atoms with Gasteiger partial charge in [0.25, 0.3) is 5.91 Å². The van der Waals surface area contributed by atoms with Gasteiger partial charge < -0.3 is 19.3 Å². The molecule has 0 saturated carbocycles. The maximum Gasteiger partial charge on any atom is 0.371 e. The smallest absolute Gasteiger partial charge is 0.371 e. The molecule has 1 aliphatic heterocycles. The number of fused-ring (bicyclic) bond motifs is 1. The Hall–Kier alpha value is -2.87. The van der Waals surface area contributed by atoms with Crippen molar-refractivity contribution in [1.29, 1.82) is 0 Å². The van der Waals surface area contributed by atoms with Crippen LogP contribution in [-0.4, -0.2) is 48.1 Å². The molecule has 2 heterocycles. The predicted octanol–water partition coefficient (Wildman–Crippen LogP) is 4.00. The van der Waals surface area contributed by atoms with Crippen LogP contribution in [0.5, 0.6) is 0 Å². The minimum Gasteiger partial charge on any atom is -0.475 e. The van der Waals surface area contributed by atoms with Gasteiger partial charge in [-0.3, -0.25) is 4.79 Å². The highest BCUT2D eigenvalue weighted by molar-refractivity contribution is 9.10. The van der Waals surface area contributed by atoms with Crippen molar-refractivity contribution in [3.8, 4) is 0 Å². The zero-order chi connectivity index (χ0) is 19.8. The summed E-state index contributed by atoms with van der Waals surface area (Å²) in [6.07, 6.45) is 0. The highest BCUT2D eigenvalue weighted by Crippen LogP contribution is 2.36. The van der Waals surface area contributed by atoms with Crippen LogP contribution < -0.4 is 4.90 Å². The lowest BCUT2D eigenvalue weighted by molar-refractivity contribution is 0.0664. The number of anilines is 1. The molecule has 28 heavy (non-hydrogen) atoms. The van der Waals surface area contributed by atoms with Gasteiger partial charge in [0.1, 0.15) is 11.4 Å². The van der Waals surface area contributed by atoms with Crippen LogP contribution in [0, 0.1) is 5.82 Å². The van der Waals surface area contributed by atoms with Gasteiger partial charge in [-0.2, -0.15) is 0 Å². The molecule has 2 aromatic carbocycles. The Balaban J connectivity index is 1.51. The molecule has 1 fully saturated rings. The van der Waals surface area contributed by atoms with E-state index in [2.05, 4.69) is 20.8 Å². The first-order chi connectivity index (χ1) is 13.4. The number of halogens is 2. The number of carboxylic acid groups (broad SMARTS) is 1. The Morgan fingerprint density at radius 2 is 1.82 bits per heavy atom. The number of amides is 1. The SMILES string of the molecule is O=C(O)c1cc2c(Br)c(N3CCN(C(=O)c4cccc(F)c4)CC3)ccc2o1. The standard InChI is InChI=1S/C20H16BrFN2O4/c21-18-14-11-17(20(26)27)28-16(14)5-4-15(18)23-6-8-24(9-7-23)19(25)12-2-1-3-13(22)10-12/h1-5,10-11H,6-9H2,(H,26,27). The molecular weight excluding hydrogens is 431 g/mol. The number of nitrogens with zero attached hydrogens (tertiary/aromatic N) is 2. The minimum absolute atomic E-state index is 0.113. The van der Waals surface area contributed by atoms with Crippen molar-refractivity contribution in [2.75, 3.05) is 31.1 Å². The fourth-order valence-corrected chi connectivity index (χ4v) is 4.06. The Labute approximate surface area is 168 Å². The number of hydrogen-bond acceptors (Lipinski definition) is 4. The molecule has 0 aliphatic carbocycles. The molecule has 1 aliphatic rings. The summed E-state index contributed by atoms with van der Waals surface area (Å²) >= 11 is 3.55. The summed E-state index contributed by atoms with van der Waals surface area (Å²) in [5.41, 5.74) is 1.74. The minimum atomic E-state index is -1.12. The number of piperazine rings is 1. The fourth-order valence-electron chi connectivity index (χ4n) is 3.37. The van der Waals surface area contributed by atoms with Gasteiger partial charge in [0, 0.05) is 43.2 Å². The molecular formula is C20H16BrFN2O4. The van der Waals surface area contributed by atoms with E-state index in [0.717, 1.165) is 10.2 Å². The first-order valence-electron chi connectivity index (χ1n) is 8.69. The molecule has 1 amide bonds. The second-order valence-corrected chi connectivity index (χ2v) is 7.31. The third kappa shape index (κ3) is 3.35. The van der Waals surface area contributed by atoms with E-state index in [0.29, 0.717) is 42.7 Å². The van der Waals surface area contributed by atoms with Gasteiger partial charge in [-0.05, 0) is 46.3 Å². The molecule has 4 rings (SSSR count). The average molecular weight is 447 g/mol. The molecule has 3 aromatic rings. The monoisotopic (exact) mass is 446 g/mol. The second kappa shape index (κ2) is 7.27. The maximum atomic E-state index is 13.4. The van der Waals surface area contributed by atoms with Crippen LogP contribution in [0.1, 0.15) is 20.9 Å². The van der Waals surface area contributed by atoms with E-state index in [1.807, 2.05) is 6.07 Å². The van der Waals surface area contributed by atoms with Crippen molar-refractivity contribution in [1.82, 2.24) is 4.90 Å². The van der Waals surface area contributed by atoms with Crippen molar-refractivity contribution >= 4 is 44.5 Å². The Morgan fingerprint density at radius 1 is 1.07 bits per heavy atom. The van der Waals surface area contributed by atoms with Crippen molar-refractivity contribution in [2.24, 2.45) is 0 Å². The molecule has 6 nitrogen and oxygen atoms in total. The summed E-state index contributed by atoms with van der Waals surface area (Å²) in [5, 5.41) is 9.79. The van der Waals surface area contributed by atoms with Crippen LogP contribution in [0.2, 0.25) is 0 Å². The van der Waals surface area contributed by atoms with E-state index >= 15 is 0 Å². The number of carboxylic acids is 1. The molecule has 0 spiro atoms. The van der Waals surface area contributed by atoms with Crippen LogP contribution in [-0.2, 0) is 0 Å². The molecule has 0 radical (unpaired) electrons. The lowest BCUT2D eigenvalue weighted by Crippen LogP contribution is -2.48. The summed E-state index contributed by atoms with van der Waals surface area (Å²) < 4.78 is 19.5. The molecule has 0 unspecified atom stereocenters. The van der Waals surface area contributed by atoms with Gasteiger partial charge in [-0.15, -0.1) is 0 Å². The van der Waals surface area contributed by atoms with Crippen LogP contribution in [0.15, 0.2) is 51.4 Å². The third-order valence-electron chi connectivity index (χ3n) is 4.80. The first kappa shape index (κ1) is 18.5. The Bertz CT molecular complexity index is 1070. The summed E-state index contributed by atoms with van der Waals surface area (Å²) in [5.74, 6) is -1.84. The number of aromatic carboxylic acids is 1. The normalized spacial score (nSPS) is 14.5. The number of carbonyl (C=O) groups is 2. The fraction of sp³-hybridized carbons (Fsp3) is 0.200. The van der Waals surface area contributed by atoms with E-state index in [9.17, 15) is 14.0 Å². The van der Waals surface area contributed by atoms with Crippen LogP contribution in [0.3, 0.4) is 0 Å². The zero-order valence-electron chi connectivity index (χ0n) is 14.7. The van der Waals surface area contributed by atoms with Gasteiger partial charge >= 0.3 is 5.97 Å². The summed E-state index contributed by atoms with van der Waals surface area (Å²) in [4.78, 5) is 27.5. The molecule has 1 saturated heterocycles. The molecule has 0 bridgehead atoms. The lowest BCUT2D eigenvalue weighted by Gasteiger charge is -2.36. The second-order valence-electron chi connectivity index (χ2n) is 6.52. The van der Waals surface area contributed by atoms with Gasteiger partial charge in [0.05, 0.1) is 10.2 Å². The van der Waals surface area contributed by atoms with Crippen molar-refractivity contribution in [2.45, 2.75) is 0 Å². The average Bonchev–Trinajstić information content (AvgIpc) is 3.14. The Kier molecular flexibility index (Phi) is 4.80.